The molecule has 0 radical (unpaired) electrons. The quantitative estimate of drug-likeness (QED) is 0.589. The van der Waals surface area contributed by atoms with E-state index >= 15 is 0 Å². The topological polar surface area (TPSA) is 21.3 Å². The molecular weight excluding hydrogens is 294 g/mol. The Balaban J connectivity index is 2.41. The number of hydrogen-bond acceptors (Lipinski definition) is 2. The molecule has 0 aliphatic rings. The van der Waals surface area contributed by atoms with E-state index in [1.54, 1.807) is 0 Å². The first-order valence-corrected chi connectivity index (χ1v) is 9.74. The maximum atomic E-state index is 5.89. The van der Waals surface area contributed by atoms with Crippen LogP contribution in [0, 0.1) is 5.92 Å². The van der Waals surface area contributed by atoms with Crippen molar-refractivity contribution in [2.45, 2.75) is 85.4 Å². The molecule has 1 N–H and O–H groups in total. The Labute approximate surface area is 150 Å². The predicted octanol–water partition coefficient (Wildman–Crippen LogP) is 5.35. The molecule has 0 aliphatic carbocycles. The van der Waals surface area contributed by atoms with Gasteiger partial charge in [0.1, 0.15) is 0 Å². The maximum absolute atomic E-state index is 5.89. The number of ether oxygens (including phenoxy) is 1. The van der Waals surface area contributed by atoms with Crippen molar-refractivity contribution < 1.29 is 4.74 Å². The van der Waals surface area contributed by atoms with Crippen LogP contribution in [0.25, 0.3) is 0 Å². The van der Waals surface area contributed by atoms with Crippen molar-refractivity contribution in [3.8, 4) is 0 Å². The Morgan fingerprint density at radius 3 is 2.12 bits per heavy atom. The van der Waals surface area contributed by atoms with E-state index in [0.717, 1.165) is 25.9 Å². The fourth-order valence-electron chi connectivity index (χ4n) is 2.93. The van der Waals surface area contributed by atoms with E-state index in [0.29, 0.717) is 18.1 Å². The standard InChI is InChI=1S/C22H39NO/c1-8-21(24-17(3)4)16-23-15-18(5)14-19-10-12-20(13-11-19)22(6,7)9-2/h10-13,17-18,21,23H,8-9,14-16H2,1-7H3/t18?,21-/m0/s1. The van der Waals surface area contributed by atoms with Crippen LogP contribution in [0.2, 0.25) is 0 Å². The fraction of sp³-hybridized carbons (Fsp3) is 0.727. The minimum Gasteiger partial charge on any atom is -0.374 e. The lowest BCUT2D eigenvalue weighted by molar-refractivity contribution is 0.00640. The first-order valence-electron chi connectivity index (χ1n) is 9.74. The van der Waals surface area contributed by atoms with Crippen molar-refractivity contribution in [1.82, 2.24) is 5.32 Å². The molecule has 0 fully saturated rings. The van der Waals surface area contributed by atoms with Crippen molar-refractivity contribution >= 4 is 0 Å². The normalized spacial score (nSPS) is 14.8. The Hall–Kier alpha value is -0.860. The number of hydrogen-bond donors (Lipinski definition) is 1. The van der Waals surface area contributed by atoms with E-state index in [-0.39, 0.29) is 5.41 Å². The van der Waals surface area contributed by atoms with Gasteiger partial charge in [-0.2, -0.15) is 0 Å². The van der Waals surface area contributed by atoms with Gasteiger partial charge in [-0.25, -0.2) is 0 Å². The van der Waals surface area contributed by atoms with E-state index in [1.807, 2.05) is 0 Å². The van der Waals surface area contributed by atoms with Crippen molar-refractivity contribution in [1.29, 1.82) is 0 Å². The van der Waals surface area contributed by atoms with Crippen molar-refractivity contribution in [2.24, 2.45) is 5.92 Å². The van der Waals surface area contributed by atoms with Gasteiger partial charge in [-0.1, -0.05) is 58.9 Å². The molecular formula is C22H39NO. The first kappa shape index (κ1) is 21.2. The highest BCUT2D eigenvalue weighted by Crippen LogP contribution is 2.27. The lowest BCUT2D eigenvalue weighted by Crippen LogP contribution is -2.33. The van der Waals surface area contributed by atoms with Gasteiger partial charge < -0.3 is 10.1 Å². The lowest BCUT2D eigenvalue weighted by atomic mass is 9.82. The van der Waals surface area contributed by atoms with Crippen molar-refractivity contribution in [2.75, 3.05) is 13.1 Å². The third-order valence-electron chi connectivity index (χ3n) is 4.99. The van der Waals surface area contributed by atoms with E-state index < -0.39 is 0 Å². The summed E-state index contributed by atoms with van der Waals surface area (Å²) < 4.78 is 5.89. The van der Waals surface area contributed by atoms with Gasteiger partial charge in [0.2, 0.25) is 0 Å². The van der Waals surface area contributed by atoms with Gasteiger partial charge in [0, 0.05) is 6.54 Å². The average molecular weight is 334 g/mol. The van der Waals surface area contributed by atoms with Gasteiger partial charge in [-0.15, -0.1) is 0 Å². The second-order valence-corrected chi connectivity index (χ2v) is 8.12. The maximum Gasteiger partial charge on any atom is 0.0700 e. The van der Waals surface area contributed by atoms with Crippen LogP contribution in [0.4, 0.5) is 0 Å². The molecule has 2 nitrogen and oxygen atoms in total. The Bertz CT molecular complexity index is 450. The smallest absolute Gasteiger partial charge is 0.0700 e. The van der Waals surface area contributed by atoms with Crippen LogP contribution in [-0.4, -0.2) is 25.3 Å². The first-order chi connectivity index (χ1) is 11.3. The van der Waals surface area contributed by atoms with E-state index in [4.69, 9.17) is 4.74 Å². The van der Waals surface area contributed by atoms with Crippen LogP contribution in [0.1, 0.15) is 72.4 Å². The number of benzene rings is 1. The van der Waals surface area contributed by atoms with Crippen molar-refractivity contribution in [3.05, 3.63) is 35.4 Å². The summed E-state index contributed by atoms with van der Waals surface area (Å²) in [5.74, 6) is 0.631. The van der Waals surface area contributed by atoms with E-state index in [9.17, 15) is 0 Å². The van der Waals surface area contributed by atoms with Crippen LogP contribution in [0.15, 0.2) is 24.3 Å². The van der Waals surface area contributed by atoms with Gasteiger partial charge in [0.25, 0.3) is 0 Å². The molecule has 0 amide bonds. The van der Waals surface area contributed by atoms with Gasteiger partial charge in [0.15, 0.2) is 0 Å². The van der Waals surface area contributed by atoms with Crippen LogP contribution in [-0.2, 0) is 16.6 Å². The zero-order valence-electron chi connectivity index (χ0n) is 17.0. The molecule has 24 heavy (non-hydrogen) atoms. The minimum atomic E-state index is 0.275. The number of nitrogens with one attached hydrogen (secondary N) is 1. The molecule has 138 valence electrons. The molecule has 0 bridgehead atoms. The van der Waals surface area contributed by atoms with Gasteiger partial charge in [0.05, 0.1) is 12.2 Å². The molecule has 0 saturated heterocycles. The number of rotatable bonds is 11. The lowest BCUT2D eigenvalue weighted by Gasteiger charge is -2.24. The highest BCUT2D eigenvalue weighted by molar-refractivity contribution is 5.28. The summed E-state index contributed by atoms with van der Waals surface area (Å²) in [6, 6.07) is 9.23. The second kappa shape index (κ2) is 10.2. The summed E-state index contributed by atoms with van der Waals surface area (Å²) >= 11 is 0. The third kappa shape index (κ3) is 7.36. The monoisotopic (exact) mass is 333 g/mol. The zero-order chi connectivity index (χ0) is 18.2. The molecule has 0 saturated carbocycles. The summed E-state index contributed by atoms with van der Waals surface area (Å²) in [6.07, 6.45) is 3.99. The molecule has 0 aromatic heterocycles. The van der Waals surface area contributed by atoms with Crippen LogP contribution < -0.4 is 5.32 Å². The fourth-order valence-corrected chi connectivity index (χ4v) is 2.93. The highest BCUT2D eigenvalue weighted by atomic mass is 16.5. The summed E-state index contributed by atoms with van der Waals surface area (Å²) in [7, 11) is 0. The van der Waals surface area contributed by atoms with Gasteiger partial charge in [-0.3, -0.25) is 0 Å². The second-order valence-electron chi connectivity index (χ2n) is 8.12. The van der Waals surface area contributed by atoms with Gasteiger partial charge >= 0.3 is 0 Å². The van der Waals surface area contributed by atoms with Crippen LogP contribution in [0.3, 0.4) is 0 Å². The SMILES string of the molecule is CC[C@@H](CNCC(C)Cc1ccc(C(C)(C)CC)cc1)OC(C)C. The molecule has 2 atom stereocenters. The molecule has 1 aromatic carbocycles. The Kier molecular flexibility index (Phi) is 9.01. The summed E-state index contributed by atoms with van der Waals surface area (Å²) in [5, 5.41) is 3.58. The Morgan fingerprint density at radius 1 is 1.00 bits per heavy atom. The summed E-state index contributed by atoms with van der Waals surface area (Å²) in [5.41, 5.74) is 3.15. The summed E-state index contributed by atoms with van der Waals surface area (Å²) in [6.45, 7) is 17.6. The molecule has 2 heteroatoms. The van der Waals surface area contributed by atoms with E-state index in [2.05, 4.69) is 78.0 Å². The van der Waals surface area contributed by atoms with Crippen LogP contribution >= 0.6 is 0 Å². The van der Waals surface area contributed by atoms with E-state index in [1.165, 1.54) is 17.5 Å². The average Bonchev–Trinajstić information content (AvgIpc) is 2.54. The molecule has 1 rings (SSSR count). The summed E-state index contributed by atoms with van der Waals surface area (Å²) in [4.78, 5) is 0. The molecule has 0 spiro atoms. The largest absolute Gasteiger partial charge is 0.374 e. The molecule has 1 unspecified atom stereocenters. The Morgan fingerprint density at radius 2 is 1.62 bits per heavy atom. The third-order valence-corrected chi connectivity index (χ3v) is 4.99. The van der Waals surface area contributed by atoms with Crippen LogP contribution in [0.5, 0.6) is 0 Å². The molecule has 0 aliphatic heterocycles. The molecule has 0 heterocycles. The van der Waals surface area contributed by atoms with Gasteiger partial charge in [-0.05, 0) is 62.1 Å². The highest BCUT2D eigenvalue weighted by Gasteiger charge is 2.17. The zero-order valence-corrected chi connectivity index (χ0v) is 17.0. The predicted molar refractivity (Wildman–Crippen MR) is 106 cm³/mol. The minimum absolute atomic E-state index is 0.275. The molecule has 1 aromatic rings. The van der Waals surface area contributed by atoms with Crippen molar-refractivity contribution in [3.63, 3.8) is 0 Å².